The van der Waals surface area contributed by atoms with Crippen LogP contribution in [-0.4, -0.2) is 32.1 Å². The van der Waals surface area contributed by atoms with Crippen LogP contribution in [-0.2, 0) is 19.4 Å². The fourth-order valence-corrected chi connectivity index (χ4v) is 4.64. The number of nitrogens with one attached hydrogen (secondary N) is 2. The van der Waals surface area contributed by atoms with Gasteiger partial charge in [-0.15, -0.1) is 0 Å². The lowest BCUT2D eigenvalue weighted by Crippen LogP contribution is -2.27. The van der Waals surface area contributed by atoms with Crippen LogP contribution in [0.3, 0.4) is 0 Å². The molecule has 0 bridgehead atoms. The van der Waals surface area contributed by atoms with Crippen LogP contribution in [0.15, 0.2) is 35.2 Å². The van der Waals surface area contributed by atoms with Crippen molar-refractivity contribution in [3.05, 3.63) is 46.7 Å². The molecular weight excluding hydrogens is 423 g/mol. The van der Waals surface area contributed by atoms with Gasteiger partial charge in [0.05, 0.1) is 21.5 Å². The maximum absolute atomic E-state index is 13.8. The van der Waals surface area contributed by atoms with Crippen LogP contribution >= 0.6 is 11.6 Å². The molecule has 0 spiro atoms. The lowest BCUT2D eigenvalue weighted by Gasteiger charge is -2.21. The molecule has 0 radical (unpaired) electrons. The number of carbonyl (C=O) groups excluding carboxylic acids is 2. The molecule has 29 heavy (non-hydrogen) atoms. The summed E-state index contributed by atoms with van der Waals surface area (Å²) in [6.07, 6.45) is -0.376. The first kappa shape index (κ1) is 21.1. The van der Waals surface area contributed by atoms with Gasteiger partial charge in [-0.1, -0.05) is 11.6 Å². The van der Waals surface area contributed by atoms with Crippen molar-refractivity contribution in [3.8, 4) is 5.75 Å². The van der Waals surface area contributed by atoms with E-state index in [4.69, 9.17) is 16.3 Å². The molecule has 10 heteroatoms. The standard InChI is InChI=1S/C19H18ClFN2O5S/c1-10-5-15-16(28-9-19(25)23-15)8-17(10)29(26,27)11(2)6-18(24)22-14-4-3-12(20)7-13(14)21/h3-5,7-8,11H,6,9H2,1-2H3,(H,22,24)(H,23,25). The first-order chi connectivity index (χ1) is 13.6. The molecule has 0 aliphatic carbocycles. The highest BCUT2D eigenvalue weighted by atomic mass is 35.5. The van der Waals surface area contributed by atoms with Gasteiger partial charge >= 0.3 is 0 Å². The topological polar surface area (TPSA) is 102 Å². The van der Waals surface area contributed by atoms with Gasteiger partial charge in [-0.3, -0.25) is 9.59 Å². The van der Waals surface area contributed by atoms with Gasteiger partial charge in [0, 0.05) is 17.5 Å². The maximum atomic E-state index is 13.8. The summed E-state index contributed by atoms with van der Waals surface area (Å²) < 4.78 is 45.1. The van der Waals surface area contributed by atoms with Crippen LogP contribution in [0.1, 0.15) is 18.9 Å². The predicted octanol–water partition coefficient (Wildman–Crippen LogP) is 3.31. The maximum Gasteiger partial charge on any atom is 0.262 e. The van der Waals surface area contributed by atoms with Gasteiger partial charge in [0.25, 0.3) is 5.91 Å². The van der Waals surface area contributed by atoms with Crippen LogP contribution in [0.5, 0.6) is 5.75 Å². The van der Waals surface area contributed by atoms with Crippen molar-refractivity contribution in [2.45, 2.75) is 30.4 Å². The summed E-state index contributed by atoms with van der Waals surface area (Å²) in [6, 6.07) is 6.61. The Hall–Kier alpha value is -2.65. The monoisotopic (exact) mass is 440 g/mol. The minimum absolute atomic E-state index is 0.00497. The number of aryl methyl sites for hydroxylation is 1. The van der Waals surface area contributed by atoms with Gasteiger partial charge in [-0.2, -0.15) is 0 Å². The molecule has 2 N–H and O–H groups in total. The van der Waals surface area contributed by atoms with Crippen molar-refractivity contribution in [2.75, 3.05) is 17.2 Å². The molecule has 2 aromatic rings. The molecule has 1 atom stereocenters. The number of ether oxygens (including phenoxy) is 1. The Morgan fingerprint density at radius 1 is 1.34 bits per heavy atom. The number of sulfone groups is 1. The first-order valence-corrected chi connectivity index (χ1v) is 10.6. The van der Waals surface area contributed by atoms with Crippen molar-refractivity contribution in [1.29, 1.82) is 0 Å². The smallest absolute Gasteiger partial charge is 0.262 e. The van der Waals surface area contributed by atoms with E-state index < -0.39 is 26.8 Å². The Bertz CT molecular complexity index is 1100. The van der Waals surface area contributed by atoms with Crippen LogP contribution in [0.25, 0.3) is 0 Å². The second kappa shape index (κ2) is 8.00. The molecular formula is C19H18ClFN2O5S. The van der Waals surface area contributed by atoms with Gasteiger partial charge in [-0.25, -0.2) is 12.8 Å². The zero-order chi connectivity index (χ0) is 21.3. The minimum Gasteiger partial charge on any atom is -0.482 e. The number of rotatable bonds is 5. The third-order valence-electron chi connectivity index (χ3n) is 4.42. The third kappa shape index (κ3) is 4.51. The second-order valence-electron chi connectivity index (χ2n) is 6.68. The number of fused-ring (bicyclic) bond motifs is 1. The zero-order valence-electron chi connectivity index (χ0n) is 15.6. The van der Waals surface area contributed by atoms with E-state index in [9.17, 15) is 22.4 Å². The molecule has 1 aliphatic heterocycles. The normalized spacial score (nSPS) is 14.4. The van der Waals surface area contributed by atoms with E-state index in [2.05, 4.69) is 10.6 Å². The van der Waals surface area contributed by atoms with Crippen LogP contribution in [0.2, 0.25) is 5.02 Å². The fourth-order valence-electron chi connectivity index (χ4n) is 2.90. The molecule has 0 saturated heterocycles. The third-order valence-corrected chi connectivity index (χ3v) is 6.94. The summed E-state index contributed by atoms with van der Waals surface area (Å²) in [5.41, 5.74) is 0.713. The van der Waals surface area contributed by atoms with Gasteiger partial charge in [0.2, 0.25) is 5.91 Å². The van der Waals surface area contributed by atoms with E-state index in [0.717, 1.165) is 6.07 Å². The van der Waals surface area contributed by atoms with E-state index >= 15 is 0 Å². The van der Waals surface area contributed by atoms with E-state index in [0.29, 0.717) is 11.3 Å². The summed E-state index contributed by atoms with van der Waals surface area (Å²) in [5, 5.41) is 4.06. The molecule has 2 amide bonds. The lowest BCUT2D eigenvalue weighted by atomic mass is 10.2. The molecule has 1 heterocycles. The summed E-state index contributed by atoms with van der Waals surface area (Å²) >= 11 is 5.67. The summed E-state index contributed by atoms with van der Waals surface area (Å²) in [6.45, 7) is 2.78. The molecule has 1 unspecified atom stereocenters. The Labute approximate surface area is 172 Å². The van der Waals surface area contributed by atoms with Gasteiger partial charge < -0.3 is 15.4 Å². The minimum atomic E-state index is -3.89. The molecule has 154 valence electrons. The fraction of sp³-hybridized carbons (Fsp3) is 0.263. The zero-order valence-corrected chi connectivity index (χ0v) is 17.2. The number of halogens is 2. The van der Waals surface area contributed by atoms with Crippen molar-refractivity contribution in [3.63, 3.8) is 0 Å². The summed E-state index contributed by atoms with van der Waals surface area (Å²) in [5.74, 6) is -1.45. The van der Waals surface area contributed by atoms with Gasteiger partial charge in [0.15, 0.2) is 16.4 Å². The number of anilines is 2. The van der Waals surface area contributed by atoms with Gasteiger partial charge in [-0.05, 0) is 43.7 Å². The average Bonchev–Trinajstić information content (AvgIpc) is 2.63. The average molecular weight is 441 g/mol. The molecule has 7 nitrogen and oxygen atoms in total. The first-order valence-electron chi connectivity index (χ1n) is 8.64. The number of benzene rings is 2. The van der Waals surface area contributed by atoms with Crippen molar-refractivity contribution in [2.24, 2.45) is 0 Å². The van der Waals surface area contributed by atoms with Crippen molar-refractivity contribution in [1.82, 2.24) is 0 Å². The Balaban J connectivity index is 1.78. The highest BCUT2D eigenvalue weighted by molar-refractivity contribution is 7.92. The Kier molecular flexibility index (Phi) is 5.81. The molecule has 0 saturated carbocycles. The second-order valence-corrected chi connectivity index (χ2v) is 9.45. The lowest BCUT2D eigenvalue weighted by molar-refractivity contribution is -0.118. The van der Waals surface area contributed by atoms with E-state index in [1.54, 1.807) is 6.92 Å². The number of hydrogen-bond donors (Lipinski definition) is 2. The summed E-state index contributed by atoms with van der Waals surface area (Å²) in [7, 11) is -3.89. The van der Waals surface area contributed by atoms with Crippen LogP contribution in [0, 0.1) is 12.7 Å². The Morgan fingerprint density at radius 2 is 2.07 bits per heavy atom. The number of hydrogen-bond acceptors (Lipinski definition) is 5. The molecule has 0 aromatic heterocycles. The highest BCUT2D eigenvalue weighted by Crippen LogP contribution is 2.34. The predicted molar refractivity (Wildman–Crippen MR) is 107 cm³/mol. The number of amides is 2. The van der Waals surface area contributed by atoms with Crippen molar-refractivity contribution < 1.29 is 27.1 Å². The van der Waals surface area contributed by atoms with E-state index in [-0.39, 0.29) is 40.3 Å². The van der Waals surface area contributed by atoms with E-state index in [1.165, 1.54) is 31.2 Å². The SMILES string of the molecule is Cc1cc2c(cc1S(=O)(=O)C(C)CC(=O)Nc1ccc(Cl)cc1F)OCC(=O)N2. The molecule has 1 aliphatic rings. The largest absolute Gasteiger partial charge is 0.482 e. The van der Waals surface area contributed by atoms with Crippen LogP contribution < -0.4 is 15.4 Å². The quantitative estimate of drug-likeness (QED) is 0.742. The summed E-state index contributed by atoms with van der Waals surface area (Å²) in [4.78, 5) is 23.7. The van der Waals surface area contributed by atoms with Crippen molar-refractivity contribution >= 4 is 44.6 Å². The Morgan fingerprint density at radius 3 is 2.76 bits per heavy atom. The molecule has 3 rings (SSSR count). The van der Waals surface area contributed by atoms with Gasteiger partial charge in [0.1, 0.15) is 11.6 Å². The number of carbonyl (C=O) groups is 2. The molecule has 0 fully saturated rings. The van der Waals surface area contributed by atoms with E-state index in [1.807, 2.05) is 0 Å². The van der Waals surface area contributed by atoms with Crippen LogP contribution in [0.4, 0.5) is 15.8 Å². The highest BCUT2D eigenvalue weighted by Gasteiger charge is 2.30. The molecule has 2 aromatic carbocycles.